The minimum Gasteiger partial charge on any atom is -0.871 e. The SMILES string of the molecule is O.O.O.O.O.O.O.O.O.O.OB(O)O.OB(O)O.OB(O)O.[Na+].[Na+].[O-]B([O-])O. The van der Waals surface area contributed by atoms with Crippen molar-refractivity contribution >= 4 is 29.3 Å². The monoisotopic (exact) mass is 472 g/mol. The van der Waals surface area contributed by atoms with Gasteiger partial charge in [0.05, 0.1) is 7.32 Å². The molecule has 0 heterocycles. The topological polar surface area (TPSA) is 563 Å². The second-order valence-electron chi connectivity index (χ2n) is 1.35. The van der Waals surface area contributed by atoms with E-state index in [0.29, 0.717) is 0 Å². The Morgan fingerprint density at radius 1 is 0.321 bits per heavy atom. The Bertz CT molecular complexity index is 69.5. The molecule has 0 saturated carbocycles. The van der Waals surface area contributed by atoms with Crippen LogP contribution in [0.4, 0.5) is 0 Å². The summed E-state index contributed by atoms with van der Waals surface area (Å²) in [6, 6.07) is 0. The predicted octanol–water partition coefficient (Wildman–Crippen LogP) is -23.7. The van der Waals surface area contributed by atoms with E-state index >= 15 is 0 Å². The largest absolute Gasteiger partial charge is 1.00 e. The van der Waals surface area contributed by atoms with E-state index in [0.717, 1.165) is 0 Å². The quantitative estimate of drug-likeness (QED) is 0.147. The van der Waals surface area contributed by atoms with Crippen molar-refractivity contribution in [1.29, 1.82) is 0 Å². The van der Waals surface area contributed by atoms with Crippen LogP contribution in [0.1, 0.15) is 0 Å². The van der Waals surface area contributed by atoms with Gasteiger partial charge in [0, 0.05) is 0 Å². The van der Waals surface area contributed by atoms with Crippen LogP contribution < -0.4 is 69.2 Å². The third-order valence-corrected chi connectivity index (χ3v) is 0. The molecule has 0 rings (SSSR count). The van der Waals surface area contributed by atoms with Crippen molar-refractivity contribution in [3.63, 3.8) is 0 Å². The third kappa shape index (κ3) is 10000. The fraction of sp³-hybridized carbons (Fsp3) is 0. The molecule has 28 heavy (non-hydrogen) atoms. The van der Waals surface area contributed by atoms with Crippen LogP contribution in [0, 0.1) is 0 Å². The Morgan fingerprint density at radius 2 is 0.321 bits per heavy atom. The maximum absolute atomic E-state index is 8.53. The standard InChI is InChI=1S/3BH3O3.BHO3.2Na.10H2O/c4*2-1(3)4;;;;;;;;;;;;/h3*2-4H;2H;;;10*1H2/q;;;-2;2*+1;;;;;;;;;;. The summed E-state index contributed by atoms with van der Waals surface area (Å²) in [6.45, 7) is 0. The summed E-state index contributed by atoms with van der Waals surface area (Å²) in [5.74, 6) is 0. The summed E-state index contributed by atoms with van der Waals surface area (Å²) < 4.78 is 0. The van der Waals surface area contributed by atoms with Crippen molar-refractivity contribution in [3.8, 4) is 0 Å². The minimum atomic E-state index is -2.67. The first-order valence-corrected chi connectivity index (χ1v) is 3.05. The molecule has 28 heteroatoms. The van der Waals surface area contributed by atoms with Crippen molar-refractivity contribution in [1.82, 2.24) is 0 Å². The molecule has 0 aliphatic carbocycles. The minimum absolute atomic E-state index is 0. The molecule has 0 aliphatic rings. The molecule has 0 spiro atoms. The first-order chi connectivity index (χ1) is 6.93. The van der Waals surface area contributed by atoms with Crippen molar-refractivity contribution in [2.24, 2.45) is 0 Å². The molecule has 30 N–H and O–H groups in total. The Labute approximate surface area is 202 Å². The van der Waals surface area contributed by atoms with Gasteiger partial charge in [-0.1, -0.05) is 0 Å². The van der Waals surface area contributed by atoms with Crippen molar-refractivity contribution in [2.45, 2.75) is 0 Å². The molecule has 0 saturated heterocycles. The smallest absolute Gasteiger partial charge is 0.871 e. The van der Waals surface area contributed by atoms with E-state index in [1.165, 1.54) is 0 Å². The van der Waals surface area contributed by atoms with Gasteiger partial charge in [-0.3, -0.25) is 0 Å². The van der Waals surface area contributed by atoms with Crippen LogP contribution in [0.5, 0.6) is 0 Å². The zero-order chi connectivity index (χ0) is 14.3. The summed E-state index contributed by atoms with van der Waals surface area (Å²) >= 11 is 0. The molecule has 0 aromatic rings. The van der Waals surface area contributed by atoms with Crippen LogP contribution in [0.3, 0.4) is 0 Å². The van der Waals surface area contributed by atoms with E-state index in [9.17, 15) is 0 Å². The van der Waals surface area contributed by atoms with Crippen LogP contribution in [0.15, 0.2) is 0 Å². The van der Waals surface area contributed by atoms with E-state index in [4.69, 9.17) is 60.3 Å². The zero-order valence-corrected chi connectivity index (χ0v) is 18.6. The third-order valence-electron chi connectivity index (χ3n) is 0. The second kappa shape index (κ2) is 119. The molecule has 0 bridgehead atoms. The summed E-state index contributed by atoms with van der Waals surface area (Å²) in [5, 5.41) is 88.5. The normalized spacial score (nSPS) is 3.86. The van der Waals surface area contributed by atoms with Crippen LogP contribution in [-0.4, -0.2) is 134 Å². The predicted molar refractivity (Wildman–Crippen MR) is 81.3 cm³/mol. The first-order valence-electron chi connectivity index (χ1n) is 3.05. The van der Waals surface area contributed by atoms with E-state index in [1.807, 2.05) is 0 Å². The van der Waals surface area contributed by atoms with Crippen LogP contribution >= 0.6 is 0 Å². The van der Waals surface area contributed by atoms with E-state index in [-0.39, 0.29) is 114 Å². The van der Waals surface area contributed by atoms with Gasteiger partial charge in [-0.05, 0) is 0 Å². The van der Waals surface area contributed by atoms with Gasteiger partial charge in [0.15, 0.2) is 0 Å². The van der Waals surface area contributed by atoms with E-state index in [2.05, 4.69) is 0 Å². The number of hydrogen-bond acceptors (Lipinski definition) is 12. The summed E-state index contributed by atoms with van der Waals surface area (Å²) in [5.41, 5.74) is 0. The van der Waals surface area contributed by atoms with Gasteiger partial charge in [0.1, 0.15) is 0 Å². The molecule has 0 radical (unpaired) electrons. The molecule has 22 nitrogen and oxygen atoms in total. The van der Waals surface area contributed by atoms with Crippen molar-refractivity contribution in [2.75, 3.05) is 0 Å². The Kier molecular flexibility index (Phi) is 561. The fourth-order valence-corrected chi connectivity index (χ4v) is 0. The summed E-state index contributed by atoms with van der Waals surface area (Å²) in [4.78, 5) is 0. The molecule has 0 aromatic carbocycles. The Balaban J connectivity index is -0.00000000429. The molecule has 0 fully saturated rings. The molecule has 0 aromatic heterocycles. The summed E-state index contributed by atoms with van der Waals surface area (Å²) in [7, 11) is -9.17. The van der Waals surface area contributed by atoms with Gasteiger partial charge in [-0.2, -0.15) is 0 Å². The molecular formula is H30B4Na2O22. The van der Waals surface area contributed by atoms with Crippen LogP contribution in [-0.2, 0) is 0 Å². The van der Waals surface area contributed by atoms with Gasteiger partial charge in [0.2, 0.25) is 0 Å². The maximum Gasteiger partial charge on any atom is 1.00 e. The van der Waals surface area contributed by atoms with Gasteiger partial charge in [-0.15, -0.1) is 0 Å². The molecule has 0 amide bonds. The second-order valence-corrected chi connectivity index (χ2v) is 1.35. The first kappa shape index (κ1) is 132. The van der Waals surface area contributed by atoms with Gasteiger partial charge < -0.3 is 115 Å². The Morgan fingerprint density at radius 3 is 0.321 bits per heavy atom. The van der Waals surface area contributed by atoms with Gasteiger partial charge >= 0.3 is 81.1 Å². The average molecular weight is 471 g/mol. The molecule has 0 atom stereocenters. The van der Waals surface area contributed by atoms with Crippen molar-refractivity contribution in [3.05, 3.63) is 0 Å². The summed E-state index contributed by atoms with van der Waals surface area (Å²) in [6.07, 6.45) is 0. The van der Waals surface area contributed by atoms with E-state index in [1.54, 1.807) is 0 Å². The van der Waals surface area contributed by atoms with Crippen LogP contribution in [0.2, 0.25) is 0 Å². The molecule has 176 valence electrons. The maximum atomic E-state index is 8.53. The van der Waals surface area contributed by atoms with E-state index < -0.39 is 29.3 Å². The van der Waals surface area contributed by atoms with Gasteiger partial charge in [0.25, 0.3) is 0 Å². The average Bonchev–Trinajstić information content (AvgIpc) is 1.76. The molecular weight excluding hydrogens is 441 g/mol. The fourth-order valence-electron chi connectivity index (χ4n) is 0. The van der Waals surface area contributed by atoms with Gasteiger partial charge in [-0.25, -0.2) is 0 Å². The Hall–Kier alpha value is 1.38. The van der Waals surface area contributed by atoms with Crippen LogP contribution in [0.25, 0.3) is 0 Å². The van der Waals surface area contributed by atoms with Crippen molar-refractivity contribution < 1.29 is 174 Å². The number of hydrogen-bond donors (Lipinski definition) is 10. The zero-order valence-electron chi connectivity index (χ0n) is 14.6. The molecule has 0 unspecified atom stereocenters. The molecule has 0 aliphatic heterocycles. The number of rotatable bonds is 0.